The van der Waals surface area contributed by atoms with Gasteiger partial charge in [0, 0.05) is 36.9 Å². The van der Waals surface area contributed by atoms with Crippen LogP contribution in [0.15, 0.2) is 42.5 Å². The van der Waals surface area contributed by atoms with Crippen molar-refractivity contribution in [3.05, 3.63) is 68.7 Å². The fourth-order valence-corrected chi connectivity index (χ4v) is 2.24. The summed E-state index contributed by atoms with van der Waals surface area (Å²) in [6, 6.07) is 13.5. The summed E-state index contributed by atoms with van der Waals surface area (Å²) in [6.45, 7) is 0. The van der Waals surface area contributed by atoms with E-state index < -0.39 is 4.92 Å². The molecule has 0 fully saturated rings. The number of rotatable bonds is 4. The molecule has 6 heteroatoms. The van der Waals surface area contributed by atoms with Crippen molar-refractivity contribution >= 4 is 34.6 Å². The van der Waals surface area contributed by atoms with Gasteiger partial charge in [-0.1, -0.05) is 17.7 Å². The molecule has 0 unspecified atom stereocenters. The Kier molecular flexibility index (Phi) is 4.99. The summed E-state index contributed by atoms with van der Waals surface area (Å²) in [4.78, 5) is 12.1. The van der Waals surface area contributed by atoms with Crippen molar-refractivity contribution in [3.63, 3.8) is 0 Å². The Labute approximate surface area is 139 Å². The highest BCUT2D eigenvalue weighted by Crippen LogP contribution is 2.27. The lowest BCUT2D eigenvalue weighted by Gasteiger charge is -2.13. The van der Waals surface area contributed by atoms with Crippen LogP contribution in [0.4, 0.5) is 11.4 Å². The standard InChI is InChI=1S/C17H14ClN3O2/c1-20(2)16-8-5-13(17(18)10-16)9-14(11-19)12-3-6-15(7-4-12)21(22)23/h3-10H,1-2H3/b14-9+. The number of allylic oxidation sites excluding steroid dienone is 1. The number of hydrogen-bond acceptors (Lipinski definition) is 4. The second kappa shape index (κ2) is 6.95. The van der Waals surface area contributed by atoms with Crippen molar-refractivity contribution in [1.82, 2.24) is 0 Å². The topological polar surface area (TPSA) is 70.2 Å². The zero-order valence-electron chi connectivity index (χ0n) is 12.7. The van der Waals surface area contributed by atoms with Crippen molar-refractivity contribution < 1.29 is 4.92 Å². The maximum atomic E-state index is 10.7. The number of nitro groups is 1. The van der Waals surface area contributed by atoms with E-state index in [4.69, 9.17) is 11.6 Å². The molecule has 0 radical (unpaired) electrons. The molecule has 2 aromatic carbocycles. The highest BCUT2D eigenvalue weighted by atomic mass is 35.5. The van der Waals surface area contributed by atoms with Crippen LogP contribution in [0.1, 0.15) is 11.1 Å². The molecule has 0 N–H and O–H groups in total. The first-order chi connectivity index (χ1) is 10.9. The molecule has 0 amide bonds. The number of benzene rings is 2. The third-order valence-electron chi connectivity index (χ3n) is 3.31. The fraction of sp³-hybridized carbons (Fsp3) is 0.118. The average molecular weight is 328 g/mol. The molecule has 0 aliphatic rings. The molecule has 0 saturated carbocycles. The summed E-state index contributed by atoms with van der Waals surface area (Å²) in [5.74, 6) is 0. The van der Waals surface area contributed by atoms with E-state index in [1.54, 1.807) is 18.2 Å². The van der Waals surface area contributed by atoms with Gasteiger partial charge in [-0.05, 0) is 41.5 Å². The number of nitriles is 1. The van der Waals surface area contributed by atoms with Crippen molar-refractivity contribution in [1.29, 1.82) is 5.26 Å². The third kappa shape index (κ3) is 3.87. The minimum atomic E-state index is -0.476. The molecule has 0 heterocycles. The van der Waals surface area contributed by atoms with E-state index in [0.717, 1.165) is 5.69 Å². The Morgan fingerprint density at radius 2 is 1.91 bits per heavy atom. The largest absolute Gasteiger partial charge is 0.378 e. The maximum absolute atomic E-state index is 10.7. The monoisotopic (exact) mass is 327 g/mol. The molecule has 0 atom stereocenters. The number of hydrogen-bond donors (Lipinski definition) is 0. The quantitative estimate of drug-likeness (QED) is 0.361. The van der Waals surface area contributed by atoms with E-state index in [1.165, 1.54) is 12.1 Å². The lowest BCUT2D eigenvalue weighted by Crippen LogP contribution is -2.08. The van der Waals surface area contributed by atoms with Crippen LogP contribution in [0, 0.1) is 21.4 Å². The second-order valence-corrected chi connectivity index (χ2v) is 5.48. The summed E-state index contributed by atoms with van der Waals surface area (Å²) < 4.78 is 0. The minimum Gasteiger partial charge on any atom is -0.378 e. The molecule has 0 saturated heterocycles. The van der Waals surface area contributed by atoms with E-state index in [0.29, 0.717) is 21.7 Å². The maximum Gasteiger partial charge on any atom is 0.269 e. The normalized spacial score (nSPS) is 11.0. The minimum absolute atomic E-state index is 0.0144. The van der Waals surface area contributed by atoms with Gasteiger partial charge in [-0.25, -0.2) is 0 Å². The molecule has 2 aromatic rings. The van der Waals surface area contributed by atoms with Crippen LogP contribution in [0.3, 0.4) is 0 Å². The second-order valence-electron chi connectivity index (χ2n) is 5.07. The van der Waals surface area contributed by atoms with Crippen LogP contribution < -0.4 is 4.90 Å². The Balaban J connectivity index is 2.39. The van der Waals surface area contributed by atoms with Gasteiger partial charge in [0.15, 0.2) is 0 Å². The van der Waals surface area contributed by atoms with E-state index in [1.807, 2.05) is 37.2 Å². The van der Waals surface area contributed by atoms with Crippen molar-refractivity contribution in [2.75, 3.05) is 19.0 Å². The molecular formula is C17H14ClN3O2. The summed E-state index contributed by atoms with van der Waals surface area (Å²) in [7, 11) is 3.83. The van der Waals surface area contributed by atoms with E-state index in [2.05, 4.69) is 6.07 Å². The molecule has 0 spiro atoms. The molecule has 2 rings (SSSR count). The van der Waals surface area contributed by atoms with E-state index in [-0.39, 0.29) is 5.69 Å². The number of halogens is 1. The summed E-state index contributed by atoms with van der Waals surface area (Å²) in [5.41, 5.74) is 2.65. The number of nitrogens with zero attached hydrogens (tertiary/aromatic N) is 3. The van der Waals surface area contributed by atoms with Gasteiger partial charge in [0.1, 0.15) is 0 Å². The molecule has 0 aliphatic heterocycles. The number of non-ortho nitro benzene ring substituents is 1. The lowest BCUT2D eigenvalue weighted by molar-refractivity contribution is -0.384. The van der Waals surface area contributed by atoms with Gasteiger partial charge >= 0.3 is 0 Å². The molecular weight excluding hydrogens is 314 g/mol. The highest BCUT2D eigenvalue weighted by molar-refractivity contribution is 6.32. The first-order valence-electron chi connectivity index (χ1n) is 6.76. The van der Waals surface area contributed by atoms with Gasteiger partial charge in [0.2, 0.25) is 0 Å². The molecule has 0 bridgehead atoms. The van der Waals surface area contributed by atoms with Gasteiger partial charge < -0.3 is 4.90 Å². The molecule has 116 valence electrons. The third-order valence-corrected chi connectivity index (χ3v) is 3.64. The molecule has 0 aromatic heterocycles. The average Bonchev–Trinajstić information content (AvgIpc) is 2.53. The Morgan fingerprint density at radius 3 is 2.39 bits per heavy atom. The van der Waals surface area contributed by atoms with Crippen molar-refractivity contribution in [3.8, 4) is 6.07 Å². The van der Waals surface area contributed by atoms with Crippen LogP contribution in [0.5, 0.6) is 0 Å². The Bertz CT molecular complexity index is 806. The first-order valence-corrected chi connectivity index (χ1v) is 7.13. The van der Waals surface area contributed by atoms with E-state index in [9.17, 15) is 15.4 Å². The van der Waals surface area contributed by atoms with Gasteiger partial charge in [-0.2, -0.15) is 5.26 Å². The van der Waals surface area contributed by atoms with Gasteiger partial charge in [-0.3, -0.25) is 10.1 Å². The van der Waals surface area contributed by atoms with Crippen LogP contribution in [-0.4, -0.2) is 19.0 Å². The predicted octanol–water partition coefficient (Wildman–Crippen LogP) is 4.38. The van der Waals surface area contributed by atoms with Crippen LogP contribution >= 0.6 is 11.6 Å². The molecule has 0 aliphatic carbocycles. The Morgan fingerprint density at radius 1 is 1.26 bits per heavy atom. The highest BCUT2D eigenvalue weighted by Gasteiger charge is 2.08. The predicted molar refractivity (Wildman–Crippen MR) is 92.4 cm³/mol. The lowest BCUT2D eigenvalue weighted by atomic mass is 10.0. The molecule has 5 nitrogen and oxygen atoms in total. The Hall–Kier alpha value is -2.84. The first kappa shape index (κ1) is 16.5. The summed E-state index contributed by atoms with van der Waals surface area (Å²) >= 11 is 6.26. The fourth-order valence-electron chi connectivity index (χ4n) is 2.01. The molecule has 23 heavy (non-hydrogen) atoms. The van der Waals surface area contributed by atoms with Crippen molar-refractivity contribution in [2.45, 2.75) is 0 Å². The summed E-state index contributed by atoms with van der Waals surface area (Å²) in [5, 5.41) is 20.6. The zero-order chi connectivity index (χ0) is 17.0. The van der Waals surface area contributed by atoms with Gasteiger partial charge in [-0.15, -0.1) is 0 Å². The number of nitro benzene ring substituents is 1. The zero-order valence-corrected chi connectivity index (χ0v) is 13.4. The van der Waals surface area contributed by atoms with E-state index >= 15 is 0 Å². The van der Waals surface area contributed by atoms with Gasteiger partial charge in [0.25, 0.3) is 5.69 Å². The SMILES string of the molecule is CN(C)c1ccc(/C=C(\C#N)c2ccc([N+](=O)[O-])cc2)c(Cl)c1. The van der Waals surface area contributed by atoms with Crippen LogP contribution in [-0.2, 0) is 0 Å². The van der Waals surface area contributed by atoms with Crippen LogP contribution in [0.25, 0.3) is 11.6 Å². The number of anilines is 1. The van der Waals surface area contributed by atoms with Crippen molar-refractivity contribution in [2.24, 2.45) is 0 Å². The van der Waals surface area contributed by atoms with Crippen LogP contribution in [0.2, 0.25) is 5.02 Å². The summed E-state index contributed by atoms with van der Waals surface area (Å²) in [6.07, 6.45) is 1.67. The van der Waals surface area contributed by atoms with Gasteiger partial charge in [0.05, 0.1) is 16.6 Å². The smallest absolute Gasteiger partial charge is 0.269 e.